The van der Waals surface area contributed by atoms with Crippen molar-refractivity contribution in [3.05, 3.63) is 44.6 Å². The summed E-state index contributed by atoms with van der Waals surface area (Å²) in [6.45, 7) is 1.74. The van der Waals surface area contributed by atoms with Gasteiger partial charge in [-0.2, -0.15) is 9.97 Å². The van der Waals surface area contributed by atoms with Crippen LogP contribution in [0.5, 0.6) is 0 Å². The third-order valence-corrected chi connectivity index (χ3v) is 3.39. The zero-order valence-electron chi connectivity index (χ0n) is 11.0. The highest BCUT2D eigenvalue weighted by atomic mass is 35.5. The van der Waals surface area contributed by atoms with E-state index >= 15 is 0 Å². The van der Waals surface area contributed by atoms with Crippen LogP contribution in [0.4, 0.5) is 5.95 Å². The Morgan fingerprint density at radius 3 is 2.67 bits per heavy atom. The number of benzene rings is 1. The van der Waals surface area contributed by atoms with Crippen molar-refractivity contribution in [3.8, 4) is 18.0 Å². The molecule has 6 nitrogen and oxygen atoms in total. The summed E-state index contributed by atoms with van der Waals surface area (Å²) in [5, 5.41) is 1.84. The van der Waals surface area contributed by atoms with Crippen molar-refractivity contribution in [1.82, 2.24) is 14.5 Å². The van der Waals surface area contributed by atoms with Gasteiger partial charge in [-0.1, -0.05) is 29.1 Å². The Kier molecular flexibility index (Phi) is 4.48. The lowest BCUT2D eigenvalue weighted by molar-refractivity contribution is 0.771. The van der Waals surface area contributed by atoms with Crippen LogP contribution in [-0.4, -0.2) is 21.1 Å². The van der Waals surface area contributed by atoms with E-state index in [4.69, 9.17) is 35.5 Å². The molecule has 21 heavy (non-hydrogen) atoms. The van der Waals surface area contributed by atoms with Gasteiger partial charge in [0.1, 0.15) is 5.82 Å². The zero-order valence-corrected chi connectivity index (χ0v) is 12.6. The number of hydrogen-bond donors (Lipinski definition) is 1. The van der Waals surface area contributed by atoms with Crippen LogP contribution < -0.4 is 16.5 Å². The van der Waals surface area contributed by atoms with Crippen LogP contribution in [0.15, 0.2) is 23.0 Å². The highest BCUT2D eigenvalue weighted by Crippen LogP contribution is 2.24. The molecular formula is C13H11Cl2N5O. The summed E-state index contributed by atoms with van der Waals surface area (Å²) in [5.74, 6) is 8.46. The second-order valence-electron chi connectivity index (χ2n) is 4.12. The predicted octanol–water partition coefficient (Wildman–Crippen LogP) is 1.56. The smallest absolute Gasteiger partial charge is 0.266 e. The van der Waals surface area contributed by atoms with Crippen molar-refractivity contribution in [1.29, 1.82) is 0 Å². The second kappa shape index (κ2) is 6.14. The van der Waals surface area contributed by atoms with Gasteiger partial charge in [-0.15, -0.1) is 6.42 Å². The number of aromatic nitrogens is 3. The maximum Gasteiger partial charge on any atom is 0.356 e. The van der Waals surface area contributed by atoms with E-state index in [0.717, 1.165) is 5.01 Å². The van der Waals surface area contributed by atoms with E-state index in [-0.39, 0.29) is 12.5 Å². The second-order valence-corrected chi connectivity index (χ2v) is 4.93. The standard InChI is InChI=1S/C13H11Cl2N5O/c1-3-6-19(16)12-17-8(2)20(13(21)18-12)9-4-5-10(14)11(15)7-9/h1,4-5,7H,6,16H2,2H3. The molecule has 2 aromatic rings. The van der Waals surface area contributed by atoms with E-state index in [1.54, 1.807) is 25.1 Å². The average Bonchev–Trinajstić information content (AvgIpc) is 2.42. The molecule has 0 fully saturated rings. The fraction of sp³-hybridized carbons (Fsp3) is 0.154. The number of halogens is 2. The lowest BCUT2D eigenvalue weighted by atomic mass is 10.3. The first kappa shape index (κ1) is 15.3. The van der Waals surface area contributed by atoms with E-state index in [9.17, 15) is 4.79 Å². The number of nitrogens with two attached hydrogens (primary N) is 1. The third kappa shape index (κ3) is 3.16. The van der Waals surface area contributed by atoms with Crippen LogP contribution in [0.3, 0.4) is 0 Å². The van der Waals surface area contributed by atoms with Gasteiger partial charge >= 0.3 is 5.69 Å². The molecule has 0 unspecified atom stereocenters. The van der Waals surface area contributed by atoms with Crippen LogP contribution >= 0.6 is 23.2 Å². The number of hydrazine groups is 1. The first-order valence-corrected chi connectivity index (χ1v) is 6.58. The zero-order chi connectivity index (χ0) is 15.6. The van der Waals surface area contributed by atoms with Crippen molar-refractivity contribution >= 4 is 29.2 Å². The highest BCUT2D eigenvalue weighted by Gasteiger charge is 2.12. The first-order chi connectivity index (χ1) is 9.93. The lowest BCUT2D eigenvalue weighted by Crippen LogP contribution is -2.36. The summed E-state index contributed by atoms with van der Waals surface area (Å²) >= 11 is 11.8. The topological polar surface area (TPSA) is 77.0 Å². The van der Waals surface area contributed by atoms with Crippen molar-refractivity contribution in [2.45, 2.75) is 6.92 Å². The van der Waals surface area contributed by atoms with Crippen molar-refractivity contribution < 1.29 is 0 Å². The molecule has 0 spiro atoms. The first-order valence-electron chi connectivity index (χ1n) is 5.83. The Morgan fingerprint density at radius 1 is 1.38 bits per heavy atom. The Labute approximate surface area is 131 Å². The van der Waals surface area contributed by atoms with Gasteiger partial charge in [0, 0.05) is 0 Å². The summed E-state index contributed by atoms with van der Waals surface area (Å²) in [6.07, 6.45) is 5.16. The Balaban J connectivity index is 2.54. The molecule has 2 N–H and O–H groups in total. The molecule has 0 radical (unpaired) electrons. The maximum absolute atomic E-state index is 12.2. The molecule has 108 valence electrons. The van der Waals surface area contributed by atoms with Gasteiger partial charge in [-0.25, -0.2) is 15.2 Å². The number of terminal acetylenes is 1. The predicted molar refractivity (Wildman–Crippen MR) is 82.8 cm³/mol. The van der Waals surface area contributed by atoms with Gasteiger partial charge in [0.25, 0.3) is 0 Å². The van der Waals surface area contributed by atoms with E-state index in [1.165, 1.54) is 4.57 Å². The average molecular weight is 324 g/mol. The number of anilines is 1. The molecule has 0 bridgehead atoms. The van der Waals surface area contributed by atoms with Gasteiger partial charge < -0.3 is 0 Å². The summed E-state index contributed by atoms with van der Waals surface area (Å²) in [4.78, 5) is 20.1. The molecule has 1 aromatic heterocycles. The fourth-order valence-corrected chi connectivity index (χ4v) is 2.00. The lowest BCUT2D eigenvalue weighted by Gasteiger charge is -2.15. The number of nitrogens with zero attached hydrogens (tertiary/aromatic N) is 4. The van der Waals surface area contributed by atoms with Gasteiger partial charge in [-0.05, 0) is 25.1 Å². The van der Waals surface area contributed by atoms with Gasteiger partial charge in [-0.3, -0.25) is 5.01 Å². The van der Waals surface area contributed by atoms with Crippen LogP contribution in [-0.2, 0) is 0 Å². The third-order valence-electron chi connectivity index (χ3n) is 2.65. The van der Waals surface area contributed by atoms with Gasteiger partial charge in [0.15, 0.2) is 0 Å². The Morgan fingerprint density at radius 2 is 2.10 bits per heavy atom. The van der Waals surface area contributed by atoms with Crippen LogP contribution in [0.2, 0.25) is 10.0 Å². The van der Waals surface area contributed by atoms with Crippen molar-refractivity contribution in [2.75, 3.05) is 11.6 Å². The highest BCUT2D eigenvalue weighted by molar-refractivity contribution is 6.42. The molecular weight excluding hydrogens is 313 g/mol. The molecule has 1 aromatic carbocycles. The minimum absolute atomic E-state index is 0.0618. The molecule has 0 atom stereocenters. The molecule has 0 aliphatic rings. The molecule has 0 aliphatic heterocycles. The fourth-order valence-electron chi connectivity index (χ4n) is 1.71. The van der Waals surface area contributed by atoms with Gasteiger partial charge in [0.05, 0.1) is 22.3 Å². The summed E-state index contributed by atoms with van der Waals surface area (Å²) in [6, 6.07) is 4.79. The van der Waals surface area contributed by atoms with Gasteiger partial charge in [0.2, 0.25) is 5.95 Å². The SMILES string of the molecule is C#CCN(N)c1nc(C)n(-c2ccc(Cl)c(Cl)c2)c(=O)n1. The molecule has 0 aliphatic carbocycles. The number of aryl methyl sites for hydroxylation is 1. The van der Waals surface area contributed by atoms with Crippen molar-refractivity contribution in [2.24, 2.45) is 5.84 Å². The maximum atomic E-state index is 12.2. The van der Waals surface area contributed by atoms with E-state index in [1.807, 2.05) is 0 Å². The largest absolute Gasteiger partial charge is 0.356 e. The summed E-state index contributed by atoms with van der Waals surface area (Å²) < 4.78 is 1.30. The van der Waals surface area contributed by atoms with Crippen LogP contribution in [0.25, 0.3) is 5.69 Å². The van der Waals surface area contributed by atoms with Crippen LogP contribution in [0.1, 0.15) is 5.82 Å². The monoisotopic (exact) mass is 323 g/mol. The summed E-state index contributed by atoms with van der Waals surface area (Å²) in [7, 11) is 0. The molecule has 8 heteroatoms. The molecule has 0 saturated heterocycles. The molecule has 0 saturated carbocycles. The molecule has 2 rings (SSSR count). The van der Waals surface area contributed by atoms with E-state index < -0.39 is 5.69 Å². The molecule has 1 heterocycles. The number of hydrogen-bond acceptors (Lipinski definition) is 5. The van der Waals surface area contributed by atoms with E-state index in [0.29, 0.717) is 21.6 Å². The minimum atomic E-state index is -0.539. The Hall–Kier alpha value is -2.07. The summed E-state index contributed by atoms with van der Waals surface area (Å²) in [5.41, 5.74) is -0.0256. The van der Waals surface area contributed by atoms with Crippen LogP contribution in [0, 0.1) is 19.3 Å². The normalized spacial score (nSPS) is 10.2. The quantitative estimate of drug-likeness (QED) is 0.527. The van der Waals surface area contributed by atoms with Crippen molar-refractivity contribution in [3.63, 3.8) is 0 Å². The molecule has 0 amide bonds. The van der Waals surface area contributed by atoms with E-state index in [2.05, 4.69) is 15.9 Å². The number of rotatable bonds is 3. The Bertz CT molecular complexity index is 781. The minimum Gasteiger partial charge on any atom is -0.266 e.